The van der Waals surface area contributed by atoms with Gasteiger partial charge in [0.1, 0.15) is 0 Å². The molecule has 0 saturated carbocycles. The van der Waals surface area contributed by atoms with Crippen molar-refractivity contribution in [2.45, 2.75) is 6.54 Å². The lowest BCUT2D eigenvalue weighted by atomic mass is 10.1. The molecule has 3 aromatic rings. The second-order valence-corrected chi connectivity index (χ2v) is 7.25. The number of thiophene rings is 1. The minimum absolute atomic E-state index is 0.155. The average Bonchev–Trinajstić information content (AvgIpc) is 3.27. The van der Waals surface area contributed by atoms with Gasteiger partial charge >= 0.3 is 0 Å². The van der Waals surface area contributed by atoms with E-state index in [0.717, 1.165) is 16.8 Å². The van der Waals surface area contributed by atoms with Crippen LogP contribution in [0, 0.1) is 0 Å². The number of rotatable bonds is 4. The fourth-order valence-electron chi connectivity index (χ4n) is 3.02. The molecule has 1 aliphatic rings. The Bertz CT molecular complexity index is 1020. The van der Waals surface area contributed by atoms with E-state index < -0.39 is 0 Å². The Morgan fingerprint density at radius 2 is 1.81 bits per heavy atom. The summed E-state index contributed by atoms with van der Waals surface area (Å²) in [4.78, 5) is 27.8. The first-order valence-electron chi connectivity index (χ1n) is 8.09. The van der Waals surface area contributed by atoms with Crippen LogP contribution < -0.4 is 4.90 Å². The lowest BCUT2D eigenvalue weighted by molar-refractivity contribution is -0.113. The molecule has 1 aliphatic heterocycles. The number of fused-ring (bicyclic) bond motifs is 1. The zero-order valence-corrected chi connectivity index (χ0v) is 15.3. The highest BCUT2D eigenvalue weighted by atomic mass is 35.5. The maximum absolute atomic E-state index is 13.0. The Morgan fingerprint density at radius 1 is 1.04 bits per heavy atom. The van der Waals surface area contributed by atoms with E-state index in [9.17, 15) is 9.59 Å². The van der Waals surface area contributed by atoms with Crippen molar-refractivity contribution in [1.82, 2.24) is 0 Å². The monoisotopic (exact) mass is 379 g/mol. The SMILES string of the molecule is O=C(/C=C1\C(=O)N(Cc2ccccc2Cl)c2ccccc21)c1cccs1. The van der Waals surface area contributed by atoms with Gasteiger partial charge in [-0.3, -0.25) is 9.59 Å². The summed E-state index contributed by atoms with van der Waals surface area (Å²) in [5.41, 5.74) is 2.85. The lowest BCUT2D eigenvalue weighted by Crippen LogP contribution is -2.26. The first-order valence-corrected chi connectivity index (χ1v) is 9.35. The van der Waals surface area contributed by atoms with Crippen molar-refractivity contribution in [3.05, 3.63) is 93.1 Å². The van der Waals surface area contributed by atoms with Gasteiger partial charge < -0.3 is 4.90 Å². The third kappa shape index (κ3) is 2.98. The number of halogens is 1. The van der Waals surface area contributed by atoms with Crippen molar-refractivity contribution in [3.8, 4) is 0 Å². The Hall–Kier alpha value is -2.69. The van der Waals surface area contributed by atoms with Gasteiger partial charge in [0.25, 0.3) is 5.91 Å². The zero-order valence-electron chi connectivity index (χ0n) is 13.7. The number of anilines is 1. The van der Waals surface area contributed by atoms with Crippen LogP contribution in [-0.4, -0.2) is 11.7 Å². The van der Waals surface area contributed by atoms with Crippen LogP contribution >= 0.6 is 22.9 Å². The number of hydrogen-bond donors (Lipinski definition) is 0. The maximum Gasteiger partial charge on any atom is 0.259 e. The number of carbonyl (C=O) groups excluding carboxylic acids is 2. The molecule has 0 atom stereocenters. The van der Waals surface area contributed by atoms with Crippen molar-refractivity contribution in [2.75, 3.05) is 4.90 Å². The van der Waals surface area contributed by atoms with E-state index >= 15 is 0 Å². The summed E-state index contributed by atoms with van der Waals surface area (Å²) in [5, 5.41) is 2.46. The Balaban J connectivity index is 1.73. The highest BCUT2D eigenvalue weighted by Crippen LogP contribution is 2.38. The van der Waals surface area contributed by atoms with Gasteiger partial charge in [-0.15, -0.1) is 11.3 Å². The summed E-state index contributed by atoms with van der Waals surface area (Å²) in [5.74, 6) is -0.339. The van der Waals surface area contributed by atoms with Gasteiger partial charge in [0.15, 0.2) is 5.78 Å². The fraction of sp³-hybridized carbons (Fsp3) is 0.0476. The Morgan fingerprint density at radius 3 is 2.58 bits per heavy atom. The van der Waals surface area contributed by atoms with Crippen LogP contribution in [0.2, 0.25) is 5.02 Å². The Labute approximate surface area is 160 Å². The molecule has 2 heterocycles. The largest absolute Gasteiger partial charge is 0.303 e. The molecule has 0 N–H and O–H groups in total. The van der Waals surface area contributed by atoms with E-state index in [2.05, 4.69) is 0 Å². The molecular weight excluding hydrogens is 366 g/mol. The summed E-state index contributed by atoms with van der Waals surface area (Å²) in [6.07, 6.45) is 1.44. The van der Waals surface area contributed by atoms with Crippen LogP contribution in [0.5, 0.6) is 0 Å². The number of benzene rings is 2. The van der Waals surface area contributed by atoms with Crippen LogP contribution in [0.15, 0.2) is 72.1 Å². The van der Waals surface area contributed by atoms with E-state index in [1.165, 1.54) is 17.4 Å². The topological polar surface area (TPSA) is 37.4 Å². The summed E-state index contributed by atoms with van der Waals surface area (Å²) in [6, 6.07) is 18.6. The second kappa shape index (κ2) is 6.90. The highest BCUT2D eigenvalue weighted by molar-refractivity contribution is 7.12. The van der Waals surface area contributed by atoms with Gasteiger partial charge in [0.05, 0.1) is 22.7 Å². The number of carbonyl (C=O) groups is 2. The third-order valence-electron chi connectivity index (χ3n) is 4.29. The lowest BCUT2D eigenvalue weighted by Gasteiger charge is -2.17. The fourth-order valence-corrected chi connectivity index (χ4v) is 3.85. The minimum Gasteiger partial charge on any atom is -0.303 e. The van der Waals surface area contributed by atoms with E-state index in [1.54, 1.807) is 17.0 Å². The molecular formula is C21H14ClNO2S. The second-order valence-electron chi connectivity index (χ2n) is 5.90. The molecule has 2 aromatic carbocycles. The zero-order chi connectivity index (χ0) is 18.1. The Kier molecular flexibility index (Phi) is 4.45. The molecule has 0 fully saturated rings. The summed E-state index contributed by atoms with van der Waals surface area (Å²) < 4.78 is 0. The molecule has 0 saturated heterocycles. The van der Waals surface area contributed by atoms with Gasteiger partial charge in [-0.2, -0.15) is 0 Å². The normalized spacial score (nSPS) is 14.7. The predicted octanol–water partition coefficient (Wildman–Crippen LogP) is 5.21. The van der Waals surface area contributed by atoms with Gasteiger partial charge in [-0.05, 0) is 29.1 Å². The van der Waals surface area contributed by atoms with Crippen molar-refractivity contribution in [2.24, 2.45) is 0 Å². The van der Waals surface area contributed by atoms with E-state index in [1.807, 2.05) is 53.9 Å². The molecule has 0 bridgehead atoms. The van der Waals surface area contributed by atoms with Crippen LogP contribution in [0.4, 0.5) is 5.69 Å². The number of allylic oxidation sites excluding steroid dienone is 1. The summed E-state index contributed by atoms with van der Waals surface area (Å²) >= 11 is 7.63. The van der Waals surface area contributed by atoms with E-state index in [0.29, 0.717) is 22.0 Å². The number of hydrogen-bond acceptors (Lipinski definition) is 3. The highest BCUT2D eigenvalue weighted by Gasteiger charge is 2.33. The van der Waals surface area contributed by atoms with Crippen LogP contribution in [0.25, 0.3) is 5.57 Å². The molecule has 0 aliphatic carbocycles. The molecule has 4 rings (SSSR count). The molecule has 5 heteroatoms. The number of ketones is 1. The number of amides is 1. The molecule has 0 radical (unpaired) electrons. The van der Waals surface area contributed by atoms with Crippen molar-refractivity contribution in [3.63, 3.8) is 0 Å². The van der Waals surface area contributed by atoms with Crippen LogP contribution in [-0.2, 0) is 11.3 Å². The molecule has 1 amide bonds. The standard InChI is InChI=1S/C21H14ClNO2S/c22-17-8-3-1-6-14(17)13-23-18-9-4-2-7-15(18)16(21(23)25)12-19(24)20-10-5-11-26-20/h1-12H,13H2/b16-12-. The van der Waals surface area contributed by atoms with Gasteiger partial charge in [-0.1, -0.05) is 54.1 Å². The maximum atomic E-state index is 13.0. The third-order valence-corrected chi connectivity index (χ3v) is 5.54. The first-order chi connectivity index (χ1) is 12.6. The van der Waals surface area contributed by atoms with Crippen molar-refractivity contribution < 1.29 is 9.59 Å². The van der Waals surface area contributed by atoms with Crippen LogP contribution in [0.3, 0.4) is 0 Å². The number of para-hydroxylation sites is 1. The van der Waals surface area contributed by atoms with E-state index in [4.69, 9.17) is 11.6 Å². The minimum atomic E-state index is -0.184. The summed E-state index contributed by atoms with van der Waals surface area (Å²) in [6.45, 7) is 0.361. The average molecular weight is 380 g/mol. The van der Waals surface area contributed by atoms with Gasteiger partial charge in [-0.25, -0.2) is 0 Å². The van der Waals surface area contributed by atoms with Gasteiger partial charge in [0, 0.05) is 16.7 Å². The molecule has 128 valence electrons. The first kappa shape index (κ1) is 16.8. The smallest absolute Gasteiger partial charge is 0.259 e. The molecule has 26 heavy (non-hydrogen) atoms. The van der Waals surface area contributed by atoms with Gasteiger partial charge in [0.2, 0.25) is 0 Å². The quantitative estimate of drug-likeness (QED) is 0.460. The molecule has 0 unspecified atom stereocenters. The van der Waals surface area contributed by atoms with E-state index in [-0.39, 0.29) is 11.7 Å². The molecule has 3 nitrogen and oxygen atoms in total. The van der Waals surface area contributed by atoms with Crippen LogP contribution in [0.1, 0.15) is 20.8 Å². The summed E-state index contributed by atoms with van der Waals surface area (Å²) in [7, 11) is 0. The van der Waals surface area contributed by atoms with Crippen molar-refractivity contribution >= 4 is 45.9 Å². The van der Waals surface area contributed by atoms with Crippen molar-refractivity contribution in [1.29, 1.82) is 0 Å². The predicted molar refractivity (Wildman–Crippen MR) is 106 cm³/mol. The molecule has 0 spiro atoms. The molecule has 1 aromatic heterocycles. The number of nitrogens with zero attached hydrogens (tertiary/aromatic N) is 1.